The van der Waals surface area contributed by atoms with Gasteiger partial charge in [-0.2, -0.15) is 0 Å². The van der Waals surface area contributed by atoms with Crippen molar-refractivity contribution < 1.29 is 28.9 Å². The van der Waals surface area contributed by atoms with Crippen molar-refractivity contribution in [2.45, 2.75) is 25.6 Å². The third kappa shape index (κ3) is 3.36. The van der Waals surface area contributed by atoms with Crippen molar-refractivity contribution in [3.63, 3.8) is 0 Å². The van der Waals surface area contributed by atoms with E-state index in [2.05, 4.69) is 4.74 Å². The Labute approximate surface area is 109 Å². The average molecular weight is 270 g/mol. The molecule has 0 heterocycles. The molecule has 0 saturated carbocycles. The van der Waals surface area contributed by atoms with Crippen LogP contribution in [0, 0.1) is 12.7 Å². The molecule has 0 saturated heterocycles. The van der Waals surface area contributed by atoms with E-state index in [1.54, 1.807) is 6.92 Å². The van der Waals surface area contributed by atoms with Crippen LogP contribution in [-0.4, -0.2) is 35.7 Å². The molecule has 0 fully saturated rings. The molecule has 0 amide bonds. The van der Waals surface area contributed by atoms with Gasteiger partial charge in [-0.25, -0.2) is 4.39 Å². The summed E-state index contributed by atoms with van der Waals surface area (Å²) >= 11 is 0. The Morgan fingerprint density at radius 3 is 2.63 bits per heavy atom. The molecule has 0 bridgehead atoms. The predicted molar refractivity (Wildman–Crippen MR) is 64.1 cm³/mol. The second-order valence-corrected chi connectivity index (χ2v) is 4.10. The highest BCUT2D eigenvalue weighted by Crippen LogP contribution is 2.27. The van der Waals surface area contributed by atoms with Crippen molar-refractivity contribution in [2.75, 3.05) is 7.11 Å². The van der Waals surface area contributed by atoms with Crippen molar-refractivity contribution in [1.29, 1.82) is 0 Å². The standard InChI is InChI=1S/C13H15FO5/c1-7-3-4-9(14)8(6-15)12(7)13(18)10(16)5-11(17)19-2/h3-4,6,10,13,16,18H,5H2,1-2H3. The van der Waals surface area contributed by atoms with E-state index in [4.69, 9.17) is 0 Å². The summed E-state index contributed by atoms with van der Waals surface area (Å²) in [6.45, 7) is 1.57. The molecule has 5 nitrogen and oxygen atoms in total. The lowest BCUT2D eigenvalue weighted by Gasteiger charge is -2.20. The quantitative estimate of drug-likeness (QED) is 0.613. The maximum absolute atomic E-state index is 13.5. The van der Waals surface area contributed by atoms with Crippen molar-refractivity contribution >= 4 is 12.3 Å². The van der Waals surface area contributed by atoms with Crippen LogP contribution in [0.2, 0.25) is 0 Å². The highest BCUT2D eigenvalue weighted by atomic mass is 19.1. The van der Waals surface area contributed by atoms with Crippen LogP contribution >= 0.6 is 0 Å². The van der Waals surface area contributed by atoms with Crippen LogP contribution in [0.4, 0.5) is 4.39 Å². The molecule has 1 rings (SSSR count). The molecule has 104 valence electrons. The zero-order valence-electron chi connectivity index (χ0n) is 10.6. The van der Waals surface area contributed by atoms with E-state index in [0.717, 1.165) is 13.2 Å². The first-order chi connectivity index (χ1) is 8.92. The van der Waals surface area contributed by atoms with Gasteiger partial charge in [0.15, 0.2) is 6.29 Å². The van der Waals surface area contributed by atoms with Gasteiger partial charge >= 0.3 is 5.97 Å². The molecule has 0 radical (unpaired) electrons. The van der Waals surface area contributed by atoms with Gasteiger partial charge in [0.2, 0.25) is 0 Å². The number of aliphatic hydroxyl groups excluding tert-OH is 2. The summed E-state index contributed by atoms with van der Waals surface area (Å²) in [4.78, 5) is 21.9. The summed E-state index contributed by atoms with van der Waals surface area (Å²) in [5.41, 5.74) is 0.0998. The number of ether oxygens (including phenoxy) is 1. The van der Waals surface area contributed by atoms with Crippen LogP contribution in [0.5, 0.6) is 0 Å². The Morgan fingerprint density at radius 1 is 1.47 bits per heavy atom. The van der Waals surface area contributed by atoms with E-state index in [1.807, 2.05) is 0 Å². The van der Waals surface area contributed by atoms with Crippen LogP contribution in [-0.2, 0) is 9.53 Å². The molecule has 0 aliphatic rings. The van der Waals surface area contributed by atoms with Crippen LogP contribution in [0.1, 0.15) is 34.0 Å². The summed E-state index contributed by atoms with van der Waals surface area (Å²) in [6, 6.07) is 2.48. The number of carbonyl (C=O) groups is 2. The largest absolute Gasteiger partial charge is 0.469 e. The fourth-order valence-corrected chi connectivity index (χ4v) is 1.79. The molecule has 0 aliphatic carbocycles. The summed E-state index contributed by atoms with van der Waals surface area (Å²) in [5.74, 6) is -1.51. The molecule has 0 aromatic heterocycles. The smallest absolute Gasteiger partial charge is 0.308 e. The van der Waals surface area contributed by atoms with Crippen molar-refractivity contribution in [2.24, 2.45) is 0 Å². The maximum Gasteiger partial charge on any atom is 0.308 e. The number of aryl methyl sites for hydroxylation is 1. The van der Waals surface area contributed by atoms with Gasteiger partial charge in [-0.1, -0.05) is 6.07 Å². The molecular weight excluding hydrogens is 255 g/mol. The number of rotatable bonds is 5. The van der Waals surface area contributed by atoms with Gasteiger partial charge in [0, 0.05) is 0 Å². The molecule has 2 unspecified atom stereocenters. The molecule has 19 heavy (non-hydrogen) atoms. The first-order valence-corrected chi connectivity index (χ1v) is 5.59. The molecule has 0 spiro atoms. The van der Waals surface area contributed by atoms with E-state index in [9.17, 15) is 24.2 Å². The van der Waals surface area contributed by atoms with Gasteiger partial charge in [0.1, 0.15) is 11.9 Å². The van der Waals surface area contributed by atoms with Gasteiger partial charge in [-0.15, -0.1) is 0 Å². The number of aliphatic hydroxyl groups is 2. The number of halogens is 1. The predicted octanol–water partition coefficient (Wildman–Crippen LogP) is 0.904. The fourth-order valence-electron chi connectivity index (χ4n) is 1.79. The third-order valence-corrected chi connectivity index (χ3v) is 2.83. The van der Waals surface area contributed by atoms with Crippen LogP contribution in [0.15, 0.2) is 12.1 Å². The maximum atomic E-state index is 13.5. The first kappa shape index (κ1) is 15.3. The first-order valence-electron chi connectivity index (χ1n) is 5.59. The number of aldehydes is 1. The Kier molecular flexibility index (Phi) is 5.14. The second kappa shape index (κ2) is 6.40. The number of hydrogen-bond acceptors (Lipinski definition) is 5. The monoisotopic (exact) mass is 270 g/mol. The Bertz CT molecular complexity index is 486. The minimum absolute atomic E-state index is 0.0218. The summed E-state index contributed by atoms with van der Waals surface area (Å²) in [5, 5.41) is 19.7. The molecule has 1 aromatic rings. The van der Waals surface area contributed by atoms with Crippen LogP contribution in [0.3, 0.4) is 0 Å². The molecule has 6 heteroatoms. The number of hydrogen-bond donors (Lipinski definition) is 2. The van der Waals surface area contributed by atoms with Crippen LogP contribution in [0.25, 0.3) is 0 Å². The number of benzene rings is 1. The highest BCUT2D eigenvalue weighted by Gasteiger charge is 2.26. The molecule has 2 atom stereocenters. The zero-order chi connectivity index (χ0) is 14.6. The zero-order valence-corrected chi connectivity index (χ0v) is 10.6. The molecular formula is C13H15FO5. The minimum atomic E-state index is -1.55. The number of methoxy groups -OCH3 is 1. The highest BCUT2D eigenvalue weighted by molar-refractivity contribution is 5.79. The molecule has 1 aromatic carbocycles. The second-order valence-electron chi connectivity index (χ2n) is 4.10. The lowest BCUT2D eigenvalue weighted by Crippen LogP contribution is -2.24. The Hall–Kier alpha value is -1.79. The topological polar surface area (TPSA) is 83.8 Å². The number of esters is 1. The minimum Gasteiger partial charge on any atom is -0.469 e. The van der Waals surface area contributed by atoms with Gasteiger partial charge < -0.3 is 14.9 Å². The summed E-state index contributed by atoms with van der Waals surface area (Å²) in [7, 11) is 1.14. The average Bonchev–Trinajstić information content (AvgIpc) is 2.39. The van der Waals surface area contributed by atoms with E-state index in [-0.39, 0.29) is 17.4 Å². The SMILES string of the molecule is COC(=O)CC(O)C(O)c1c(C)ccc(F)c1C=O. The third-order valence-electron chi connectivity index (χ3n) is 2.83. The van der Waals surface area contributed by atoms with Crippen molar-refractivity contribution in [3.05, 3.63) is 34.6 Å². The van der Waals surface area contributed by atoms with Gasteiger partial charge in [0.25, 0.3) is 0 Å². The van der Waals surface area contributed by atoms with Crippen molar-refractivity contribution in [3.8, 4) is 0 Å². The van der Waals surface area contributed by atoms with E-state index < -0.39 is 30.4 Å². The normalized spacial score (nSPS) is 13.7. The van der Waals surface area contributed by atoms with Gasteiger partial charge in [-0.3, -0.25) is 9.59 Å². The van der Waals surface area contributed by atoms with Gasteiger partial charge in [-0.05, 0) is 24.1 Å². The Balaban J connectivity index is 3.11. The summed E-state index contributed by atoms with van der Waals surface area (Å²) < 4.78 is 17.8. The Morgan fingerprint density at radius 2 is 2.11 bits per heavy atom. The molecule has 0 aliphatic heterocycles. The number of carbonyl (C=O) groups excluding carboxylic acids is 2. The fraction of sp³-hybridized carbons (Fsp3) is 0.385. The lowest BCUT2D eigenvalue weighted by atomic mass is 9.93. The summed E-state index contributed by atoms with van der Waals surface area (Å²) in [6.07, 6.45) is -3.21. The van der Waals surface area contributed by atoms with Gasteiger partial charge in [0.05, 0.1) is 25.2 Å². The van der Waals surface area contributed by atoms with E-state index >= 15 is 0 Å². The molecule has 2 N–H and O–H groups in total. The van der Waals surface area contributed by atoms with Crippen LogP contribution < -0.4 is 0 Å². The van der Waals surface area contributed by atoms with Crippen molar-refractivity contribution in [1.82, 2.24) is 0 Å². The van der Waals surface area contributed by atoms with E-state index in [1.165, 1.54) is 6.07 Å². The van der Waals surface area contributed by atoms with E-state index in [0.29, 0.717) is 5.56 Å². The lowest BCUT2D eigenvalue weighted by molar-refractivity contribution is -0.144.